The summed E-state index contributed by atoms with van der Waals surface area (Å²) in [6, 6.07) is 5.46. The zero-order valence-electron chi connectivity index (χ0n) is 10.5. The molecule has 3 nitrogen and oxygen atoms in total. The van der Waals surface area contributed by atoms with E-state index in [-0.39, 0.29) is 12.3 Å². The molecule has 0 amide bonds. The Bertz CT molecular complexity index is 350. The maximum atomic E-state index is 10.2. The highest BCUT2D eigenvalue weighted by atomic mass is 16.3. The van der Waals surface area contributed by atoms with Gasteiger partial charge in [-0.05, 0) is 24.5 Å². The Hall–Kier alpha value is -1.38. The highest BCUT2D eigenvalue weighted by molar-refractivity contribution is 5.36. The molecular formula is C14H21NO2. The predicted octanol–water partition coefficient (Wildman–Crippen LogP) is 4.17. The SMILES string of the molecule is CCCCCCCc1ccc(O)c(CN=O)c1. The number of rotatable bonds is 8. The quantitative estimate of drug-likeness (QED) is 0.543. The Morgan fingerprint density at radius 3 is 2.65 bits per heavy atom. The molecule has 0 heterocycles. The Morgan fingerprint density at radius 2 is 1.94 bits per heavy atom. The zero-order valence-corrected chi connectivity index (χ0v) is 10.5. The minimum atomic E-state index is 0.0511. The molecule has 3 heteroatoms. The van der Waals surface area contributed by atoms with E-state index in [0.717, 1.165) is 6.42 Å². The monoisotopic (exact) mass is 235 g/mol. The van der Waals surface area contributed by atoms with E-state index in [1.807, 2.05) is 12.1 Å². The summed E-state index contributed by atoms with van der Waals surface area (Å²) >= 11 is 0. The van der Waals surface area contributed by atoms with Gasteiger partial charge >= 0.3 is 0 Å². The second-order valence-corrected chi connectivity index (χ2v) is 4.41. The number of unbranched alkanes of at least 4 members (excludes halogenated alkanes) is 4. The highest BCUT2D eigenvalue weighted by Gasteiger charge is 2.02. The lowest BCUT2D eigenvalue weighted by Gasteiger charge is -2.05. The second-order valence-electron chi connectivity index (χ2n) is 4.41. The van der Waals surface area contributed by atoms with Crippen LogP contribution in [0, 0.1) is 4.91 Å². The zero-order chi connectivity index (χ0) is 12.5. The number of hydrogen-bond acceptors (Lipinski definition) is 3. The molecule has 17 heavy (non-hydrogen) atoms. The third-order valence-electron chi connectivity index (χ3n) is 2.95. The van der Waals surface area contributed by atoms with Crippen molar-refractivity contribution in [3.8, 4) is 5.75 Å². The summed E-state index contributed by atoms with van der Waals surface area (Å²) in [6.07, 6.45) is 7.27. The Balaban J connectivity index is 2.42. The number of phenols is 1. The molecule has 0 unspecified atom stereocenters. The van der Waals surface area contributed by atoms with Crippen LogP contribution in [-0.2, 0) is 13.0 Å². The standard InChI is InChI=1S/C14H21NO2/c1-2-3-4-5-6-7-12-8-9-14(16)13(10-12)11-15-17/h8-10,16H,2-7,11H2,1H3. The van der Waals surface area contributed by atoms with Crippen molar-refractivity contribution < 1.29 is 5.11 Å². The first-order valence-electron chi connectivity index (χ1n) is 6.37. The Morgan fingerprint density at radius 1 is 1.18 bits per heavy atom. The molecule has 1 aromatic rings. The molecule has 1 rings (SSSR count). The van der Waals surface area contributed by atoms with Gasteiger partial charge in [-0.3, -0.25) is 0 Å². The number of aryl methyl sites for hydroxylation is 1. The van der Waals surface area contributed by atoms with Crippen LogP contribution in [0.25, 0.3) is 0 Å². The molecule has 0 aliphatic carbocycles. The maximum absolute atomic E-state index is 10.2. The summed E-state index contributed by atoms with van der Waals surface area (Å²) in [5.74, 6) is 0.166. The summed E-state index contributed by atoms with van der Waals surface area (Å²) in [5, 5.41) is 12.3. The molecule has 0 atom stereocenters. The van der Waals surface area contributed by atoms with Crippen molar-refractivity contribution in [3.63, 3.8) is 0 Å². The van der Waals surface area contributed by atoms with E-state index in [4.69, 9.17) is 0 Å². The van der Waals surface area contributed by atoms with Gasteiger partial charge in [0.2, 0.25) is 0 Å². The first-order valence-corrected chi connectivity index (χ1v) is 6.37. The molecule has 1 aromatic carbocycles. The summed E-state index contributed by atoms with van der Waals surface area (Å²) in [4.78, 5) is 10.2. The first kappa shape index (κ1) is 13.7. The number of hydrogen-bond donors (Lipinski definition) is 1. The minimum absolute atomic E-state index is 0.0511. The molecule has 1 N–H and O–H groups in total. The molecule has 0 saturated carbocycles. The van der Waals surface area contributed by atoms with Gasteiger partial charge in [0, 0.05) is 5.56 Å². The van der Waals surface area contributed by atoms with Gasteiger partial charge in [-0.25, -0.2) is 0 Å². The average Bonchev–Trinajstić information content (AvgIpc) is 2.33. The second kappa shape index (κ2) is 7.82. The van der Waals surface area contributed by atoms with Crippen LogP contribution in [0.15, 0.2) is 23.4 Å². The molecule has 0 aliphatic heterocycles. The van der Waals surface area contributed by atoms with Gasteiger partial charge < -0.3 is 5.11 Å². The lowest BCUT2D eigenvalue weighted by atomic mass is 10.0. The van der Waals surface area contributed by atoms with Crippen molar-refractivity contribution in [3.05, 3.63) is 34.2 Å². The lowest BCUT2D eigenvalue weighted by molar-refractivity contribution is 0.468. The van der Waals surface area contributed by atoms with E-state index < -0.39 is 0 Å². The van der Waals surface area contributed by atoms with Crippen LogP contribution in [-0.4, -0.2) is 5.11 Å². The van der Waals surface area contributed by atoms with Gasteiger partial charge in [0.15, 0.2) is 0 Å². The topological polar surface area (TPSA) is 49.7 Å². The van der Waals surface area contributed by atoms with E-state index in [9.17, 15) is 10.0 Å². The highest BCUT2D eigenvalue weighted by Crippen LogP contribution is 2.20. The number of nitroso groups, excluding NO2 is 1. The van der Waals surface area contributed by atoms with Crippen LogP contribution in [0.4, 0.5) is 0 Å². The summed E-state index contributed by atoms with van der Waals surface area (Å²) in [5.41, 5.74) is 1.81. The van der Waals surface area contributed by atoms with Crippen molar-refractivity contribution in [2.75, 3.05) is 0 Å². The molecule has 0 spiro atoms. The molecule has 0 aromatic heterocycles. The van der Waals surface area contributed by atoms with Gasteiger partial charge in [0.1, 0.15) is 12.3 Å². The van der Waals surface area contributed by atoms with E-state index in [2.05, 4.69) is 12.1 Å². The molecule has 0 fully saturated rings. The normalized spacial score (nSPS) is 10.4. The van der Waals surface area contributed by atoms with Gasteiger partial charge in [-0.15, -0.1) is 0 Å². The van der Waals surface area contributed by atoms with Crippen LogP contribution in [0.3, 0.4) is 0 Å². The van der Waals surface area contributed by atoms with Crippen molar-refractivity contribution in [1.82, 2.24) is 0 Å². The average molecular weight is 235 g/mol. The first-order chi connectivity index (χ1) is 8.27. The van der Waals surface area contributed by atoms with Crippen LogP contribution >= 0.6 is 0 Å². The third-order valence-corrected chi connectivity index (χ3v) is 2.95. The summed E-state index contributed by atoms with van der Waals surface area (Å²) in [7, 11) is 0. The molecular weight excluding hydrogens is 214 g/mol. The fourth-order valence-electron chi connectivity index (χ4n) is 1.92. The van der Waals surface area contributed by atoms with Gasteiger partial charge in [0.05, 0.1) is 0 Å². The number of aromatic hydroxyl groups is 1. The number of nitrogens with zero attached hydrogens (tertiary/aromatic N) is 1. The number of phenolic OH excluding ortho intramolecular Hbond substituents is 1. The molecule has 94 valence electrons. The molecule has 0 radical (unpaired) electrons. The van der Waals surface area contributed by atoms with Crippen molar-refractivity contribution in [2.45, 2.75) is 52.0 Å². The van der Waals surface area contributed by atoms with Gasteiger partial charge in [0.25, 0.3) is 0 Å². The van der Waals surface area contributed by atoms with E-state index in [1.165, 1.54) is 37.7 Å². The smallest absolute Gasteiger partial charge is 0.120 e. The van der Waals surface area contributed by atoms with Crippen LogP contribution in [0.2, 0.25) is 0 Å². The minimum Gasteiger partial charge on any atom is -0.508 e. The molecule has 0 aliphatic rings. The van der Waals surface area contributed by atoms with E-state index in [0.29, 0.717) is 5.56 Å². The van der Waals surface area contributed by atoms with E-state index in [1.54, 1.807) is 6.07 Å². The molecule has 0 saturated heterocycles. The van der Waals surface area contributed by atoms with Crippen molar-refractivity contribution in [2.24, 2.45) is 5.18 Å². The van der Waals surface area contributed by atoms with E-state index >= 15 is 0 Å². The van der Waals surface area contributed by atoms with Crippen molar-refractivity contribution >= 4 is 0 Å². The van der Waals surface area contributed by atoms with Crippen LogP contribution in [0.1, 0.15) is 50.2 Å². The predicted molar refractivity (Wildman–Crippen MR) is 70.1 cm³/mol. The molecule has 0 bridgehead atoms. The maximum Gasteiger partial charge on any atom is 0.120 e. The van der Waals surface area contributed by atoms with Crippen LogP contribution < -0.4 is 0 Å². The Kier molecular flexibility index (Phi) is 6.30. The largest absolute Gasteiger partial charge is 0.508 e. The number of benzene rings is 1. The van der Waals surface area contributed by atoms with Crippen molar-refractivity contribution in [1.29, 1.82) is 0 Å². The summed E-state index contributed by atoms with van der Waals surface area (Å²) in [6.45, 7) is 2.26. The third kappa shape index (κ3) is 4.98. The fraction of sp³-hybridized carbons (Fsp3) is 0.571. The lowest BCUT2D eigenvalue weighted by Crippen LogP contribution is -1.90. The Labute approximate surface area is 103 Å². The van der Waals surface area contributed by atoms with Crippen LogP contribution in [0.5, 0.6) is 5.75 Å². The van der Waals surface area contributed by atoms with Gasteiger partial charge in [-0.2, -0.15) is 4.91 Å². The summed E-state index contributed by atoms with van der Waals surface area (Å²) < 4.78 is 0. The van der Waals surface area contributed by atoms with Gasteiger partial charge in [-0.1, -0.05) is 49.9 Å². The fourth-order valence-corrected chi connectivity index (χ4v) is 1.92.